The second-order valence-corrected chi connectivity index (χ2v) is 31.4. The molecular weight excluding hydrogens is 1260 g/mol. The van der Waals surface area contributed by atoms with Gasteiger partial charge in [0.05, 0.1) is 0 Å². The molecule has 0 spiro atoms. The number of fused-ring (bicyclic) bond motifs is 6. The quantitative estimate of drug-likeness (QED) is 0.0675. The molecule has 68 heavy (non-hydrogen) atoms. The first kappa shape index (κ1) is 50.7. The zero-order chi connectivity index (χ0) is 45.7. The molecule has 0 aromatic heterocycles. The minimum absolute atomic E-state index is 0. The molecule has 0 fully saturated rings. The fourth-order valence-corrected chi connectivity index (χ4v) is 22.1. The summed E-state index contributed by atoms with van der Waals surface area (Å²) in [7, 11) is -5.39. The van der Waals surface area contributed by atoms with Crippen LogP contribution in [0.3, 0.4) is 0 Å². The van der Waals surface area contributed by atoms with Crippen LogP contribution in [0.15, 0.2) is 231 Å². The van der Waals surface area contributed by atoms with Crippen LogP contribution in [0.25, 0.3) is 22.3 Å². The minimum atomic E-state index is -1.55. The monoisotopic (exact) mass is 1310 g/mol. The van der Waals surface area contributed by atoms with Crippen LogP contribution in [-0.2, 0) is 44.8 Å². The molecule has 11 rings (SSSR count). The Bertz CT molecular complexity index is 2930. The van der Waals surface area contributed by atoms with Crippen LogP contribution < -0.4 is 52.6 Å². The van der Waals surface area contributed by atoms with Crippen molar-refractivity contribution >= 4 is 84.6 Å². The molecular formula is C62H52Au2P2Si2+2. The predicted molar refractivity (Wildman–Crippen MR) is 296 cm³/mol. The molecule has 0 bridgehead atoms. The average Bonchev–Trinajstić information content (AvgIpc) is 3.75. The van der Waals surface area contributed by atoms with Crippen LogP contribution in [0.2, 0.25) is 26.2 Å². The van der Waals surface area contributed by atoms with Gasteiger partial charge in [-0.25, -0.2) is 0 Å². The molecule has 2 aliphatic rings. The molecule has 0 saturated heterocycles. The van der Waals surface area contributed by atoms with E-state index in [1.54, 1.807) is 0 Å². The van der Waals surface area contributed by atoms with Crippen LogP contribution in [0.5, 0.6) is 0 Å². The van der Waals surface area contributed by atoms with Gasteiger partial charge in [-0.15, -0.1) is 35.4 Å². The first-order valence-electron chi connectivity index (χ1n) is 22.6. The molecule has 2 aliphatic heterocycles. The zero-order valence-electron chi connectivity index (χ0n) is 38.5. The average molecular weight is 1310 g/mol. The molecule has 0 radical (unpaired) electrons. The molecule has 6 heteroatoms. The van der Waals surface area contributed by atoms with Gasteiger partial charge in [0.15, 0.2) is 0 Å². The number of hydrogen-bond donors (Lipinski definition) is 0. The Kier molecular flexibility index (Phi) is 16.8. The summed E-state index contributed by atoms with van der Waals surface area (Å²) in [5, 5.41) is 14.6. The molecule has 0 nitrogen and oxygen atoms in total. The van der Waals surface area contributed by atoms with Crippen molar-refractivity contribution in [2.75, 3.05) is 0 Å². The number of benzene rings is 9. The molecule has 2 heterocycles. The first-order valence-corrected chi connectivity index (χ1v) is 31.6. The van der Waals surface area contributed by atoms with Gasteiger partial charge >= 0.3 is 44.8 Å². The summed E-state index contributed by atoms with van der Waals surface area (Å²) in [6, 6.07) is 83.4. The van der Waals surface area contributed by atoms with Gasteiger partial charge in [0.25, 0.3) is 0 Å². The molecule has 0 amide bonds. The third-order valence-electron chi connectivity index (χ3n) is 13.2. The Morgan fingerprint density at radius 1 is 0.309 bits per heavy atom. The fraction of sp³-hybridized carbons (Fsp3) is 0.0645. The van der Waals surface area contributed by atoms with Gasteiger partial charge in [-0.05, 0) is 93.3 Å². The van der Waals surface area contributed by atoms with Crippen LogP contribution in [0.4, 0.5) is 0 Å². The molecule has 9 aromatic carbocycles. The van der Waals surface area contributed by atoms with E-state index < -0.39 is 32.0 Å². The fourth-order valence-electron chi connectivity index (χ4n) is 9.86. The second kappa shape index (κ2) is 22.5. The van der Waals surface area contributed by atoms with Gasteiger partial charge < -0.3 is 12.8 Å². The third kappa shape index (κ3) is 10.3. The van der Waals surface area contributed by atoms with Crippen molar-refractivity contribution in [3.63, 3.8) is 0 Å². The summed E-state index contributed by atoms with van der Waals surface area (Å²) < 4.78 is 0. The normalized spacial score (nSPS) is 12.6. The SMILES string of the molecule is [Au+].[Au+].[C-]#Cc1ccc2c(c1)[Si](C)(C)c1ccccc1-2.[C-]#Cc1ccc2c(c1)[Si](C)(C)c1ccccc1-2.c1ccc([PH+](c2ccccc2)c2ccccc2[PH+](c2ccccc2)c2ccccc2)cc1. The van der Waals surface area contributed by atoms with E-state index in [4.69, 9.17) is 12.8 Å². The number of hydrogen-bond acceptors (Lipinski definition) is 0. The summed E-state index contributed by atoms with van der Waals surface area (Å²) in [6.07, 6.45) is 14.5. The molecule has 338 valence electrons. The Labute approximate surface area is 440 Å². The summed E-state index contributed by atoms with van der Waals surface area (Å²) in [4.78, 5) is 0. The van der Waals surface area contributed by atoms with Crippen molar-refractivity contribution in [1.82, 2.24) is 0 Å². The van der Waals surface area contributed by atoms with E-state index in [0.717, 1.165) is 11.1 Å². The zero-order valence-corrected chi connectivity index (χ0v) is 46.9. The molecule has 0 aliphatic carbocycles. The summed E-state index contributed by atoms with van der Waals surface area (Å²) in [5.41, 5.74) is 7.26. The number of rotatable bonds is 6. The second-order valence-electron chi connectivity index (χ2n) is 17.9. The van der Waals surface area contributed by atoms with Crippen LogP contribution in [-0.4, -0.2) is 16.1 Å². The van der Waals surface area contributed by atoms with Crippen molar-refractivity contribution in [3.05, 3.63) is 254 Å². The van der Waals surface area contributed by atoms with Crippen molar-refractivity contribution in [2.45, 2.75) is 26.2 Å². The van der Waals surface area contributed by atoms with Gasteiger partial charge in [0.1, 0.15) is 63.8 Å². The van der Waals surface area contributed by atoms with Gasteiger partial charge in [-0.3, -0.25) is 11.8 Å². The summed E-state index contributed by atoms with van der Waals surface area (Å²) in [5.74, 6) is 4.99. The maximum absolute atomic E-state index is 7.26. The van der Waals surface area contributed by atoms with Gasteiger partial charge in [-0.1, -0.05) is 182 Å². The van der Waals surface area contributed by atoms with Crippen molar-refractivity contribution in [3.8, 4) is 34.1 Å². The Morgan fingerprint density at radius 2 is 0.574 bits per heavy atom. The standard InChI is InChI=1S/C30H24P2.2C16H13Si.2Au/c1-5-15-25(16-6-1)31(26-17-7-2-8-18-26)29-23-13-14-24-30(29)32(27-19-9-3-10-20-27)28-21-11-4-12-22-28;2*1-4-12-9-10-14-13-7-5-6-8-15(13)17(2,3)16(14)11-12;;/h1-24H;2*5-11H,2-3H3;;/q;2*-1;2*+1/p+2. The van der Waals surface area contributed by atoms with Crippen LogP contribution >= 0.6 is 15.8 Å². The van der Waals surface area contributed by atoms with Crippen LogP contribution in [0, 0.1) is 24.7 Å². The van der Waals surface area contributed by atoms with Crippen LogP contribution in [0.1, 0.15) is 11.1 Å². The Hall–Kier alpha value is -5.13. The van der Waals surface area contributed by atoms with Gasteiger partial charge in [-0.2, -0.15) is 0 Å². The van der Waals surface area contributed by atoms with E-state index in [1.165, 1.54) is 74.8 Å². The largest absolute Gasteiger partial charge is 1.00 e. The van der Waals surface area contributed by atoms with Crippen molar-refractivity contribution in [2.24, 2.45) is 0 Å². The maximum Gasteiger partial charge on any atom is 1.00 e. The Morgan fingerprint density at radius 3 is 0.882 bits per heavy atom. The van der Waals surface area contributed by atoms with E-state index >= 15 is 0 Å². The van der Waals surface area contributed by atoms with Gasteiger partial charge in [0.2, 0.25) is 0 Å². The van der Waals surface area contributed by atoms with E-state index in [9.17, 15) is 0 Å². The third-order valence-corrected chi connectivity index (χ3v) is 26.1. The summed E-state index contributed by atoms with van der Waals surface area (Å²) >= 11 is 0. The first-order chi connectivity index (χ1) is 32.2. The van der Waals surface area contributed by atoms with Gasteiger partial charge in [0, 0.05) is 0 Å². The van der Waals surface area contributed by atoms with Crippen molar-refractivity contribution in [1.29, 1.82) is 0 Å². The van der Waals surface area contributed by atoms with Crippen molar-refractivity contribution < 1.29 is 44.8 Å². The summed E-state index contributed by atoms with van der Waals surface area (Å²) in [6.45, 7) is 9.52. The maximum atomic E-state index is 7.26. The molecule has 9 aromatic rings. The van der Waals surface area contributed by atoms with E-state index in [0.29, 0.717) is 0 Å². The van der Waals surface area contributed by atoms with E-state index in [1.807, 2.05) is 12.1 Å². The Balaban J connectivity index is 0.000000161. The van der Waals surface area contributed by atoms with E-state index in [2.05, 4.69) is 256 Å². The topological polar surface area (TPSA) is 0 Å². The minimum Gasteiger partial charge on any atom is -0.366 e. The molecule has 0 atom stereocenters. The molecule has 0 unspecified atom stereocenters. The molecule has 0 N–H and O–H groups in total. The predicted octanol–water partition coefficient (Wildman–Crippen LogP) is 9.52. The smallest absolute Gasteiger partial charge is 0.366 e. The molecule has 0 saturated carbocycles. The van der Waals surface area contributed by atoms with E-state index in [-0.39, 0.29) is 44.8 Å².